The first kappa shape index (κ1) is 22.6. The number of aryl methyl sites for hydroxylation is 1. The van der Waals surface area contributed by atoms with Crippen molar-refractivity contribution in [1.29, 1.82) is 0 Å². The van der Waals surface area contributed by atoms with Crippen LogP contribution < -0.4 is 15.4 Å². The standard InChI is InChI=1S/C24H30ClN5O2/c1-4-15-5-6-18(25)21(11-15)32-17-7-9-30(10-8-17)23-22(26)28-19-12-16(13-24(2,3)31)27-14-20(19)29-23/h5-6,11-12,14,17,31H,4,7-10,13H2,1-3H3,(H2,26,28). The Kier molecular flexibility index (Phi) is 6.40. The molecule has 0 radical (unpaired) electrons. The molecule has 4 rings (SSSR count). The first-order valence-electron chi connectivity index (χ1n) is 11.1. The van der Waals surface area contributed by atoms with Crippen molar-refractivity contribution in [3.8, 4) is 5.75 Å². The van der Waals surface area contributed by atoms with E-state index in [1.807, 2.05) is 24.3 Å². The highest BCUT2D eigenvalue weighted by Gasteiger charge is 2.24. The molecule has 0 amide bonds. The molecule has 3 aromatic rings. The lowest BCUT2D eigenvalue weighted by Gasteiger charge is -2.33. The van der Waals surface area contributed by atoms with Crippen LogP contribution in [0.1, 0.15) is 44.9 Å². The number of hydrogen-bond acceptors (Lipinski definition) is 7. The second kappa shape index (κ2) is 9.08. The highest BCUT2D eigenvalue weighted by Crippen LogP contribution is 2.31. The summed E-state index contributed by atoms with van der Waals surface area (Å²) in [7, 11) is 0. The molecule has 1 aliphatic heterocycles. The van der Waals surface area contributed by atoms with E-state index in [0.29, 0.717) is 34.1 Å². The average molecular weight is 456 g/mol. The Morgan fingerprint density at radius 2 is 1.94 bits per heavy atom. The minimum atomic E-state index is -0.839. The van der Waals surface area contributed by atoms with Crippen molar-refractivity contribution in [2.24, 2.45) is 0 Å². The molecule has 0 saturated carbocycles. The molecule has 3 N–H and O–H groups in total. The van der Waals surface area contributed by atoms with E-state index in [-0.39, 0.29) is 6.10 Å². The number of piperidine rings is 1. The molecule has 8 heteroatoms. The van der Waals surface area contributed by atoms with Gasteiger partial charge in [0.25, 0.3) is 0 Å². The number of pyridine rings is 1. The Morgan fingerprint density at radius 1 is 1.19 bits per heavy atom. The van der Waals surface area contributed by atoms with E-state index >= 15 is 0 Å². The van der Waals surface area contributed by atoms with E-state index in [2.05, 4.69) is 21.8 Å². The van der Waals surface area contributed by atoms with E-state index in [1.54, 1.807) is 20.0 Å². The topological polar surface area (TPSA) is 97.4 Å². The fourth-order valence-corrected chi connectivity index (χ4v) is 4.16. The minimum Gasteiger partial charge on any atom is -0.489 e. The van der Waals surface area contributed by atoms with Gasteiger partial charge in [-0.1, -0.05) is 24.6 Å². The number of nitrogen functional groups attached to an aromatic ring is 1. The number of benzene rings is 1. The van der Waals surface area contributed by atoms with Crippen LogP contribution in [0.5, 0.6) is 5.75 Å². The number of fused-ring (bicyclic) bond motifs is 1. The van der Waals surface area contributed by atoms with Gasteiger partial charge in [-0.3, -0.25) is 4.98 Å². The van der Waals surface area contributed by atoms with Crippen molar-refractivity contribution in [3.05, 3.63) is 46.7 Å². The number of ether oxygens (including phenoxy) is 1. The molecule has 1 aliphatic rings. The predicted molar refractivity (Wildman–Crippen MR) is 128 cm³/mol. The lowest BCUT2D eigenvalue weighted by atomic mass is 10.0. The molecule has 1 aromatic carbocycles. The number of hydrogen-bond donors (Lipinski definition) is 2. The molecule has 0 spiro atoms. The second-order valence-electron chi connectivity index (χ2n) is 9.01. The Bertz CT molecular complexity index is 1110. The third-order valence-electron chi connectivity index (χ3n) is 5.67. The maximum Gasteiger partial charge on any atom is 0.172 e. The van der Waals surface area contributed by atoms with Gasteiger partial charge in [0.15, 0.2) is 11.6 Å². The summed E-state index contributed by atoms with van der Waals surface area (Å²) in [5, 5.41) is 10.7. The van der Waals surface area contributed by atoms with Crippen LogP contribution in [0.2, 0.25) is 5.02 Å². The molecule has 0 aliphatic carbocycles. The van der Waals surface area contributed by atoms with Gasteiger partial charge in [-0.05, 0) is 44.0 Å². The van der Waals surface area contributed by atoms with Crippen molar-refractivity contribution in [2.75, 3.05) is 23.7 Å². The number of halogens is 1. The summed E-state index contributed by atoms with van der Waals surface area (Å²) in [6.07, 6.45) is 4.86. The van der Waals surface area contributed by atoms with Crippen LogP contribution in [0.3, 0.4) is 0 Å². The molecule has 2 aromatic heterocycles. The lowest BCUT2D eigenvalue weighted by molar-refractivity contribution is 0.0800. The normalized spacial score (nSPS) is 15.3. The summed E-state index contributed by atoms with van der Waals surface area (Å²) in [6.45, 7) is 7.16. The molecular weight excluding hydrogens is 426 g/mol. The van der Waals surface area contributed by atoms with E-state index in [9.17, 15) is 5.11 Å². The summed E-state index contributed by atoms with van der Waals surface area (Å²) >= 11 is 6.33. The average Bonchev–Trinajstić information content (AvgIpc) is 2.74. The summed E-state index contributed by atoms with van der Waals surface area (Å²) in [5.74, 6) is 1.83. The molecule has 32 heavy (non-hydrogen) atoms. The van der Waals surface area contributed by atoms with E-state index in [0.717, 1.165) is 43.8 Å². The highest BCUT2D eigenvalue weighted by molar-refractivity contribution is 6.32. The van der Waals surface area contributed by atoms with Gasteiger partial charge in [0.1, 0.15) is 17.4 Å². The van der Waals surface area contributed by atoms with E-state index in [4.69, 9.17) is 27.1 Å². The van der Waals surface area contributed by atoms with Gasteiger partial charge in [-0.2, -0.15) is 0 Å². The van der Waals surface area contributed by atoms with Gasteiger partial charge in [0.05, 0.1) is 22.3 Å². The van der Waals surface area contributed by atoms with Crippen LogP contribution in [0, 0.1) is 0 Å². The Morgan fingerprint density at radius 3 is 2.62 bits per heavy atom. The molecule has 0 atom stereocenters. The third-order valence-corrected chi connectivity index (χ3v) is 5.98. The van der Waals surface area contributed by atoms with Gasteiger partial charge in [-0.25, -0.2) is 9.97 Å². The van der Waals surface area contributed by atoms with Gasteiger partial charge in [-0.15, -0.1) is 0 Å². The molecular formula is C24H30ClN5O2. The highest BCUT2D eigenvalue weighted by atomic mass is 35.5. The van der Waals surface area contributed by atoms with Crippen molar-refractivity contribution < 1.29 is 9.84 Å². The molecule has 0 bridgehead atoms. The van der Waals surface area contributed by atoms with Crippen LogP contribution in [0.15, 0.2) is 30.5 Å². The van der Waals surface area contributed by atoms with Crippen LogP contribution in [0.4, 0.5) is 11.6 Å². The smallest absolute Gasteiger partial charge is 0.172 e. The minimum absolute atomic E-state index is 0.0940. The molecule has 0 unspecified atom stereocenters. The van der Waals surface area contributed by atoms with Crippen molar-refractivity contribution in [2.45, 2.75) is 58.2 Å². The van der Waals surface area contributed by atoms with Crippen LogP contribution >= 0.6 is 11.6 Å². The zero-order chi connectivity index (χ0) is 22.9. The number of nitrogens with two attached hydrogens (primary N) is 1. The first-order valence-corrected chi connectivity index (χ1v) is 11.4. The fourth-order valence-electron chi connectivity index (χ4n) is 4.00. The SMILES string of the molecule is CCc1ccc(Cl)c(OC2CCN(c3nc4cnc(CC(C)(C)O)cc4nc3N)CC2)c1. The maximum absolute atomic E-state index is 10.0. The Labute approximate surface area is 193 Å². The predicted octanol–water partition coefficient (Wildman–Crippen LogP) is 4.18. The van der Waals surface area contributed by atoms with Gasteiger partial charge >= 0.3 is 0 Å². The fraction of sp³-hybridized carbons (Fsp3) is 0.458. The van der Waals surface area contributed by atoms with Gasteiger partial charge < -0.3 is 20.5 Å². The number of anilines is 2. The quantitative estimate of drug-likeness (QED) is 0.575. The van der Waals surface area contributed by atoms with Gasteiger partial charge in [0.2, 0.25) is 0 Å². The van der Waals surface area contributed by atoms with Crippen LogP contribution in [-0.4, -0.2) is 44.9 Å². The van der Waals surface area contributed by atoms with Crippen molar-refractivity contribution in [1.82, 2.24) is 15.0 Å². The van der Waals surface area contributed by atoms with E-state index in [1.165, 1.54) is 5.56 Å². The molecule has 7 nitrogen and oxygen atoms in total. The number of rotatable bonds is 6. The summed E-state index contributed by atoms with van der Waals surface area (Å²) in [6, 6.07) is 7.80. The molecule has 170 valence electrons. The monoisotopic (exact) mass is 455 g/mol. The van der Waals surface area contributed by atoms with Crippen LogP contribution in [-0.2, 0) is 12.8 Å². The summed E-state index contributed by atoms with van der Waals surface area (Å²) < 4.78 is 6.21. The van der Waals surface area contributed by atoms with Crippen molar-refractivity contribution in [3.63, 3.8) is 0 Å². The molecule has 1 fully saturated rings. The van der Waals surface area contributed by atoms with Gasteiger partial charge in [0, 0.05) is 38.0 Å². The number of aromatic nitrogens is 3. The van der Waals surface area contributed by atoms with Crippen molar-refractivity contribution >= 4 is 34.3 Å². The second-order valence-corrected chi connectivity index (χ2v) is 9.42. The summed E-state index contributed by atoms with van der Waals surface area (Å²) in [5.41, 5.74) is 8.77. The Balaban J connectivity index is 1.45. The largest absolute Gasteiger partial charge is 0.489 e. The zero-order valence-corrected chi connectivity index (χ0v) is 19.6. The molecule has 3 heterocycles. The first-order chi connectivity index (χ1) is 15.2. The lowest BCUT2D eigenvalue weighted by Crippen LogP contribution is -2.39. The summed E-state index contributed by atoms with van der Waals surface area (Å²) in [4.78, 5) is 15.9. The molecule has 1 saturated heterocycles. The number of nitrogens with zero attached hydrogens (tertiary/aromatic N) is 4. The van der Waals surface area contributed by atoms with E-state index < -0.39 is 5.60 Å². The third kappa shape index (κ3) is 5.22. The maximum atomic E-state index is 10.0. The Hall–Kier alpha value is -2.64. The number of aliphatic hydroxyl groups is 1. The zero-order valence-electron chi connectivity index (χ0n) is 18.8. The van der Waals surface area contributed by atoms with Crippen LogP contribution in [0.25, 0.3) is 11.0 Å².